The number of furan rings is 1. The van der Waals surface area contributed by atoms with Gasteiger partial charge in [0.05, 0.1) is 6.04 Å². The van der Waals surface area contributed by atoms with Crippen molar-refractivity contribution in [2.24, 2.45) is 5.73 Å². The summed E-state index contributed by atoms with van der Waals surface area (Å²) in [5.41, 5.74) is 7.50. The van der Waals surface area contributed by atoms with Crippen LogP contribution in [-0.2, 0) is 0 Å². The summed E-state index contributed by atoms with van der Waals surface area (Å²) in [6.07, 6.45) is 0. The fraction of sp³-hybridized carbons (Fsp3) is 0.125. The van der Waals surface area contributed by atoms with Crippen LogP contribution in [0.1, 0.15) is 22.9 Å². The zero-order valence-electron chi connectivity index (χ0n) is 11.2. The molecule has 2 N–H and O–H groups in total. The van der Waals surface area contributed by atoms with Crippen molar-refractivity contribution < 1.29 is 13.2 Å². The molecule has 108 valence electrons. The molecule has 0 saturated heterocycles. The number of nitrogens with two attached hydrogens (primary N) is 1. The van der Waals surface area contributed by atoms with Crippen molar-refractivity contribution in [3.05, 3.63) is 69.4 Å². The van der Waals surface area contributed by atoms with Crippen LogP contribution >= 0.6 is 15.9 Å². The Hall–Kier alpha value is -1.72. The van der Waals surface area contributed by atoms with Gasteiger partial charge in [-0.1, -0.05) is 27.6 Å². The highest BCUT2D eigenvalue weighted by atomic mass is 79.9. The molecule has 3 rings (SSSR count). The summed E-state index contributed by atoms with van der Waals surface area (Å²) >= 11 is 3.04. The summed E-state index contributed by atoms with van der Waals surface area (Å²) in [5.74, 6) is -1.08. The molecule has 1 heterocycles. The van der Waals surface area contributed by atoms with Crippen molar-refractivity contribution in [2.75, 3.05) is 0 Å². The lowest BCUT2D eigenvalue weighted by atomic mass is 10.0. The van der Waals surface area contributed by atoms with Gasteiger partial charge in [-0.3, -0.25) is 0 Å². The van der Waals surface area contributed by atoms with Crippen LogP contribution in [0.5, 0.6) is 0 Å². The molecule has 3 aromatic rings. The van der Waals surface area contributed by atoms with Crippen molar-refractivity contribution in [3.8, 4) is 0 Å². The molecule has 0 aliphatic rings. The number of aryl methyl sites for hydroxylation is 1. The predicted octanol–water partition coefficient (Wildman–Crippen LogP) is 4.83. The summed E-state index contributed by atoms with van der Waals surface area (Å²) in [5, 5.41) is 0.860. The van der Waals surface area contributed by atoms with E-state index >= 15 is 0 Å². The molecular weight excluding hydrogens is 340 g/mol. The minimum atomic E-state index is -0.995. The van der Waals surface area contributed by atoms with Gasteiger partial charge >= 0.3 is 0 Å². The number of benzene rings is 2. The normalized spacial score (nSPS) is 12.8. The third kappa shape index (κ3) is 2.59. The van der Waals surface area contributed by atoms with E-state index in [2.05, 4.69) is 15.9 Å². The Morgan fingerprint density at radius 1 is 1.10 bits per heavy atom. The molecule has 1 atom stereocenters. The van der Waals surface area contributed by atoms with Crippen LogP contribution < -0.4 is 5.73 Å². The maximum Gasteiger partial charge on any atom is 0.134 e. The van der Waals surface area contributed by atoms with E-state index in [-0.39, 0.29) is 5.56 Å². The van der Waals surface area contributed by atoms with E-state index in [1.807, 2.05) is 25.1 Å². The van der Waals surface area contributed by atoms with Gasteiger partial charge in [-0.05, 0) is 37.3 Å². The van der Waals surface area contributed by atoms with E-state index in [4.69, 9.17) is 10.2 Å². The molecule has 2 aromatic carbocycles. The summed E-state index contributed by atoms with van der Waals surface area (Å²) in [6.45, 7) is 1.96. The molecule has 0 amide bonds. The van der Waals surface area contributed by atoms with Crippen LogP contribution in [-0.4, -0.2) is 0 Å². The highest BCUT2D eigenvalue weighted by molar-refractivity contribution is 9.10. The molecule has 0 radical (unpaired) electrons. The topological polar surface area (TPSA) is 39.2 Å². The van der Waals surface area contributed by atoms with Gasteiger partial charge in [0.15, 0.2) is 0 Å². The third-order valence-corrected chi connectivity index (χ3v) is 3.81. The lowest BCUT2D eigenvalue weighted by molar-refractivity contribution is 0.487. The Kier molecular flexibility index (Phi) is 3.55. The molecule has 0 aliphatic heterocycles. The first-order chi connectivity index (χ1) is 9.95. The molecule has 0 aliphatic carbocycles. The Balaban J connectivity index is 2.10. The first-order valence-corrected chi connectivity index (χ1v) is 7.15. The Morgan fingerprint density at radius 3 is 2.43 bits per heavy atom. The van der Waals surface area contributed by atoms with Gasteiger partial charge in [-0.25, -0.2) is 8.78 Å². The van der Waals surface area contributed by atoms with Crippen molar-refractivity contribution >= 4 is 26.9 Å². The monoisotopic (exact) mass is 351 g/mol. The lowest BCUT2D eigenvalue weighted by Crippen LogP contribution is -2.15. The predicted molar refractivity (Wildman–Crippen MR) is 81.0 cm³/mol. The average Bonchev–Trinajstić information content (AvgIpc) is 2.80. The van der Waals surface area contributed by atoms with E-state index in [0.717, 1.165) is 10.9 Å². The molecule has 0 saturated carbocycles. The van der Waals surface area contributed by atoms with E-state index in [1.54, 1.807) is 6.07 Å². The molecule has 0 bridgehead atoms. The largest absolute Gasteiger partial charge is 0.459 e. The van der Waals surface area contributed by atoms with E-state index in [1.165, 1.54) is 12.1 Å². The molecule has 21 heavy (non-hydrogen) atoms. The van der Waals surface area contributed by atoms with Crippen molar-refractivity contribution in [1.82, 2.24) is 0 Å². The van der Waals surface area contributed by atoms with Crippen molar-refractivity contribution in [3.63, 3.8) is 0 Å². The number of hydrogen-bond donors (Lipinski definition) is 1. The van der Waals surface area contributed by atoms with Crippen molar-refractivity contribution in [1.29, 1.82) is 0 Å². The molecular formula is C16H12BrF2NO. The van der Waals surface area contributed by atoms with Gasteiger partial charge < -0.3 is 10.2 Å². The van der Waals surface area contributed by atoms with Gasteiger partial charge in [-0.2, -0.15) is 0 Å². The maximum absolute atomic E-state index is 14.0. The first-order valence-electron chi connectivity index (χ1n) is 6.36. The van der Waals surface area contributed by atoms with Gasteiger partial charge in [0.25, 0.3) is 0 Å². The molecule has 0 spiro atoms. The Bertz CT molecular complexity index is 805. The van der Waals surface area contributed by atoms with Crippen LogP contribution in [0.25, 0.3) is 11.0 Å². The number of hydrogen-bond acceptors (Lipinski definition) is 2. The summed E-state index contributed by atoms with van der Waals surface area (Å²) < 4.78 is 33.9. The summed E-state index contributed by atoms with van der Waals surface area (Å²) in [6, 6.07) is 8.75. The highest BCUT2D eigenvalue weighted by Gasteiger charge is 2.22. The number of fused-ring (bicyclic) bond motifs is 1. The SMILES string of the molecule is Cc1ccc2oc(C(N)c3c(F)cc(Br)cc3F)cc2c1. The van der Waals surface area contributed by atoms with Crippen LogP contribution in [0, 0.1) is 18.6 Å². The minimum Gasteiger partial charge on any atom is -0.459 e. The van der Waals surface area contributed by atoms with Crippen LogP contribution in [0.3, 0.4) is 0 Å². The van der Waals surface area contributed by atoms with Gasteiger partial charge in [-0.15, -0.1) is 0 Å². The number of rotatable bonds is 2. The second-order valence-corrected chi connectivity index (χ2v) is 5.87. The van der Waals surface area contributed by atoms with Crippen LogP contribution in [0.2, 0.25) is 0 Å². The minimum absolute atomic E-state index is 0.200. The Morgan fingerprint density at radius 2 is 1.76 bits per heavy atom. The lowest BCUT2D eigenvalue weighted by Gasteiger charge is -2.11. The highest BCUT2D eigenvalue weighted by Crippen LogP contribution is 2.31. The second kappa shape index (κ2) is 5.24. The Labute approximate surface area is 128 Å². The molecule has 1 aromatic heterocycles. The number of halogens is 3. The molecule has 2 nitrogen and oxygen atoms in total. The van der Waals surface area contributed by atoms with Gasteiger partial charge in [0.1, 0.15) is 23.0 Å². The van der Waals surface area contributed by atoms with E-state index < -0.39 is 17.7 Å². The smallest absolute Gasteiger partial charge is 0.134 e. The zero-order valence-corrected chi connectivity index (χ0v) is 12.7. The second-order valence-electron chi connectivity index (χ2n) is 4.95. The van der Waals surface area contributed by atoms with E-state index in [9.17, 15) is 8.78 Å². The van der Waals surface area contributed by atoms with Gasteiger partial charge in [0.2, 0.25) is 0 Å². The maximum atomic E-state index is 14.0. The molecule has 1 unspecified atom stereocenters. The summed E-state index contributed by atoms with van der Waals surface area (Å²) in [7, 11) is 0. The fourth-order valence-electron chi connectivity index (χ4n) is 2.33. The quantitative estimate of drug-likeness (QED) is 0.718. The molecule has 5 heteroatoms. The zero-order chi connectivity index (χ0) is 15.1. The third-order valence-electron chi connectivity index (χ3n) is 3.35. The van der Waals surface area contributed by atoms with Crippen LogP contribution in [0.15, 0.2) is 45.3 Å². The van der Waals surface area contributed by atoms with E-state index in [0.29, 0.717) is 15.8 Å². The standard InChI is InChI=1S/C16H12BrF2NO/c1-8-2-3-13-9(4-8)5-14(21-13)16(20)15-11(18)6-10(17)7-12(15)19/h2-7,16H,20H2,1H3. The first kappa shape index (κ1) is 14.2. The fourth-order valence-corrected chi connectivity index (χ4v) is 2.73. The average molecular weight is 352 g/mol. The van der Waals surface area contributed by atoms with Crippen molar-refractivity contribution in [2.45, 2.75) is 13.0 Å². The van der Waals surface area contributed by atoms with Crippen LogP contribution in [0.4, 0.5) is 8.78 Å². The molecule has 0 fully saturated rings. The summed E-state index contributed by atoms with van der Waals surface area (Å²) in [4.78, 5) is 0. The van der Waals surface area contributed by atoms with Gasteiger partial charge in [0, 0.05) is 15.4 Å².